The molecule has 0 spiro atoms. The van der Waals surface area contributed by atoms with Crippen LogP contribution in [0.4, 0.5) is 13.2 Å². The minimum Gasteiger partial charge on any atom is -0.300 e. The van der Waals surface area contributed by atoms with Crippen LogP contribution < -0.4 is 0 Å². The summed E-state index contributed by atoms with van der Waals surface area (Å²) < 4.78 is 37.1. The highest BCUT2D eigenvalue weighted by Gasteiger charge is 2.29. The van der Waals surface area contributed by atoms with Gasteiger partial charge in [-0.3, -0.25) is 4.68 Å². The van der Waals surface area contributed by atoms with E-state index in [-0.39, 0.29) is 12.2 Å². The largest absolute Gasteiger partial charge is 0.408 e. The van der Waals surface area contributed by atoms with E-state index in [1.165, 1.54) is 19.2 Å². The Balaban J connectivity index is 2.65. The summed E-state index contributed by atoms with van der Waals surface area (Å²) in [5.41, 5.74) is 0.433. The van der Waals surface area contributed by atoms with Crippen LogP contribution in [0.3, 0.4) is 0 Å². The number of aromatic nitrogens is 2. The van der Waals surface area contributed by atoms with Gasteiger partial charge in [0.15, 0.2) is 0 Å². The number of carbonyl (C=O) groups is 1. The van der Waals surface area contributed by atoms with E-state index in [1.54, 1.807) is 0 Å². The van der Waals surface area contributed by atoms with Gasteiger partial charge in [0.1, 0.15) is 12.3 Å². The molecule has 0 saturated carbocycles. The molecule has 0 fully saturated rings. The van der Waals surface area contributed by atoms with Gasteiger partial charge in [0.2, 0.25) is 0 Å². The Labute approximate surface area is 84.9 Å². The maximum absolute atomic E-state index is 12.1. The van der Waals surface area contributed by atoms with Crippen LogP contribution in [0.1, 0.15) is 19.0 Å². The minimum absolute atomic E-state index is 0.0465. The second-order valence-electron chi connectivity index (χ2n) is 3.30. The average Bonchev–Trinajstić information content (AvgIpc) is 2.45. The number of aryl methyl sites for hydroxylation is 1. The lowest BCUT2D eigenvalue weighted by molar-refractivity contribution is -0.143. The Morgan fingerprint density at radius 2 is 2.20 bits per heavy atom. The third-order valence-electron chi connectivity index (χ3n) is 1.87. The van der Waals surface area contributed by atoms with Crippen LogP contribution in [0, 0.1) is 0 Å². The molecule has 0 saturated heterocycles. The van der Waals surface area contributed by atoms with Crippen LogP contribution in [0.2, 0.25) is 0 Å². The summed E-state index contributed by atoms with van der Waals surface area (Å²) in [7, 11) is 0. The summed E-state index contributed by atoms with van der Waals surface area (Å²) in [5.74, 6) is -0.0465. The third kappa shape index (κ3) is 4.14. The van der Waals surface area contributed by atoms with Crippen LogP contribution in [-0.4, -0.2) is 21.7 Å². The highest BCUT2D eigenvalue weighted by molar-refractivity contribution is 5.75. The number of alkyl halides is 3. The molecule has 0 bridgehead atoms. The molecule has 0 aliphatic heterocycles. The molecule has 0 aliphatic rings. The Kier molecular flexibility index (Phi) is 3.49. The molecule has 84 valence electrons. The standard InChI is InChI=1S/C9H11F3N2O/c1-7(15)2-3-8-4-5-13-14(8)6-9(10,11)12/h4-5H,2-3,6H2,1H3. The van der Waals surface area contributed by atoms with Crippen molar-refractivity contribution in [3.63, 3.8) is 0 Å². The fraction of sp³-hybridized carbons (Fsp3) is 0.556. The van der Waals surface area contributed by atoms with Gasteiger partial charge >= 0.3 is 6.18 Å². The molecule has 15 heavy (non-hydrogen) atoms. The van der Waals surface area contributed by atoms with Gasteiger partial charge in [-0.1, -0.05) is 0 Å². The first-order valence-corrected chi connectivity index (χ1v) is 4.45. The lowest BCUT2D eigenvalue weighted by Gasteiger charge is -2.09. The molecule has 0 aliphatic carbocycles. The van der Waals surface area contributed by atoms with E-state index >= 15 is 0 Å². The molecule has 6 heteroatoms. The summed E-state index contributed by atoms with van der Waals surface area (Å²) in [6.07, 6.45) is -2.44. The Hall–Kier alpha value is -1.33. The van der Waals surface area contributed by atoms with Crippen molar-refractivity contribution in [1.82, 2.24) is 9.78 Å². The Bertz CT molecular complexity index is 343. The van der Waals surface area contributed by atoms with E-state index in [0.717, 1.165) is 4.68 Å². The minimum atomic E-state index is -4.28. The van der Waals surface area contributed by atoms with E-state index in [0.29, 0.717) is 12.1 Å². The van der Waals surface area contributed by atoms with Gasteiger partial charge in [-0.15, -0.1) is 0 Å². The van der Waals surface area contributed by atoms with Crippen molar-refractivity contribution in [2.75, 3.05) is 0 Å². The van der Waals surface area contributed by atoms with E-state index in [4.69, 9.17) is 0 Å². The van der Waals surface area contributed by atoms with Crippen LogP contribution in [0.5, 0.6) is 0 Å². The summed E-state index contributed by atoms with van der Waals surface area (Å²) in [4.78, 5) is 10.7. The van der Waals surface area contributed by atoms with Gasteiger partial charge in [0.05, 0.1) is 0 Å². The maximum atomic E-state index is 12.1. The molecular weight excluding hydrogens is 209 g/mol. The van der Waals surface area contributed by atoms with Crippen molar-refractivity contribution < 1.29 is 18.0 Å². The molecule has 1 aromatic heterocycles. The van der Waals surface area contributed by atoms with Gasteiger partial charge in [-0.2, -0.15) is 18.3 Å². The fourth-order valence-electron chi connectivity index (χ4n) is 1.19. The summed E-state index contributed by atoms with van der Waals surface area (Å²) in [6.45, 7) is 0.303. The molecule has 0 radical (unpaired) electrons. The molecular formula is C9H11F3N2O. The van der Waals surface area contributed by atoms with Gasteiger partial charge in [0.25, 0.3) is 0 Å². The molecule has 0 atom stereocenters. The first-order chi connectivity index (χ1) is 6.88. The molecule has 1 aromatic rings. The number of nitrogens with zero attached hydrogens (tertiary/aromatic N) is 2. The van der Waals surface area contributed by atoms with Crippen LogP contribution in [0.25, 0.3) is 0 Å². The van der Waals surface area contributed by atoms with Crippen molar-refractivity contribution in [3.8, 4) is 0 Å². The average molecular weight is 220 g/mol. The second-order valence-corrected chi connectivity index (χ2v) is 3.30. The zero-order chi connectivity index (χ0) is 11.5. The Morgan fingerprint density at radius 3 is 2.73 bits per heavy atom. The molecule has 1 heterocycles. The van der Waals surface area contributed by atoms with E-state index in [9.17, 15) is 18.0 Å². The monoisotopic (exact) mass is 220 g/mol. The molecule has 0 N–H and O–H groups in total. The normalized spacial score (nSPS) is 11.7. The van der Waals surface area contributed by atoms with Crippen molar-refractivity contribution >= 4 is 5.78 Å². The Morgan fingerprint density at radius 1 is 1.53 bits per heavy atom. The lowest BCUT2D eigenvalue weighted by atomic mass is 10.2. The SMILES string of the molecule is CC(=O)CCc1ccnn1CC(F)(F)F. The van der Waals surface area contributed by atoms with E-state index in [2.05, 4.69) is 5.10 Å². The van der Waals surface area contributed by atoms with Gasteiger partial charge in [-0.05, 0) is 19.4 Å². The third-order valence-corrected chi connectivity index (χ3v) is 1.87. The summed E-state index contributed by atoms with van der Waals surface area (Å²) in [5, 5.41) is 3.56. The molecule has 3 nitrogen and oxygen atoms in total. The number of Topliss-reactive ketones (excluding diaryl/α,β-unsaturated/α-hetero) is 1. The van der Waals surface area contributed by atoms with E-state index in [1.807, 2.05) is 0 Å². The smallest absolute Gasteiger partial charge is 0.300 e. The number of halogens is 3. The zero-order valence-electron chi connectivity index (χ0n) is 8.21. The number of hydrogen-bond acceptors (Lipinski definition) is 2. The van der Waals surface area contributed by atoms with Gasteiger partial charge in [0, 0.05) is 18.3 Å². The zero-order valence-corrected chi connectivity index (χ0v) is 8.21. The van der Waals surface area contributed by atoms with Crippen LogP contribution in [-0.2, 0) is 17.8 Å². The summed E-state index contributed by atoms with van der Waals surface area (Å²) >= 11 is 0. The number of rotatable bonds is 4. The van der Waals surface area contributed by atoms with Gasteiger partial charge < -0.3 is 4.79 Å². The molecule has 0 unspecified atom stereocenters. The predicted molar refractivity (Wildman–Crippen MR) is 47.3 cm³/mol. The van der Waals surface area contributed by atoms with Crippen molar-refractivity contribution in [2.45, 2.75) is 32.5 Å². The highest BCUT2D eigenvalue weighted by atomic mass is 19.4. The molecule has 0 aromatic carbocycles. The second kappa shape index (κ2) is 4.46. The quantitative estimate of drug-likeness (QED) is 0.777. The lowest BCUT2D eigenvalue weighted by Crippen LogP contribution is -2.20. The van der Waals surface area contributed by atoms with Crippen LogP contribution >= 0.6 is 0 Å². The van der Waals surface area contributed by atoms with Crippen molar-refractivity contribution in [3.05, 3.63) is 18.0 Å². The predicted octanol–water partition coefficient (Wildman–Crippen LogP) is 1.97. The molecule has 0 amide bonds. The van der Waals surface area contributed by atoms with Gasteiger partial charge in [-0.25, -0.2) is 0 Å². The number of carbonyl (C=O) groups excluding carboxylic acids is 1. The van der Waals surface area contributed by atoms with Crippen molar-refractivity contribution in [1.29, 1.82) is 0 Å². The summed E-state index contributed by atoms with van der Waals surface area (Å²) in [6, 6.07) is 1.49. The van der Waals surface area contributed by atoms with E-state index < -0.39 is 12.7 Å². The first-order valence-electron chi connectivity index (χ1n) is 4.45. The highest BCUT2D eigenvalue weighted by Crippen LogP contribution is 2.18. The topological polar surface area (TPSA) is 34.9 Å². The number of hydrogen-bond donors (Lipinski definition) is 0. The number of ketones is 1. The first kappa shape index (κ1) is 11.7. The fourth-order valence-corrected chi connectivity index (χ4v) is 1.19. The van der Waals surface area contributed by atoms with Crippen LogP contribution in [0.15, 0.2) is 12.3 Å². The maximum Gasteiger partial charge on any atom is 0.408 e. The molecule has 1 rings (SSSR count). The van der Waals surface area contributed by atoms with Crippen molar-refractivity contribution in [2.24, 2.45) is 0 Å².